The summed E-state index contributed by atoms with van der Waals surface area (Å²) in [6.45, 7) is -0.460. The highest BCUT2D eigenvalue weighted by Gasteiger charge is 2.17. The average molecular weight is 501 g/mol. The van der Waals surface area contributed by atoms with Gasteiger partial charge in [-0.1, -0.05) is 48.0 Å². The number of benzene rings is 2. The number of aromatic nitrogens is 3. The Bertz CT molecular complexity index is 1540. The Morgan fingerprint density at radius 2 is 1.80 bits per heavy atom. The van der Waals surface area contributed by atoms with E-state index in [2.05, 4.69) is 20.3 Å². The van der Waals surface area contributed by atoms with Crippen LogP contribution >= 0.6 is 22.9 Å². The Kier molecular flexibility index (Phi) is 6.47. The highest BCUT2D eigenvalue weighted by Crippen LogP contribution is 2.30. The number of pyridine rings is 2. The van der Waals surface area contributed by atoms with Crippen LogP contribution < -0.4 is 5.32 Å². The van der Waals surface area contributed by atoms with E-state index >= 15 is 0 Å². The van der Waals surface area contributed by atoms with Crippen LogP contribution in [-0.4, -0.2) is 33.4 Å². The van der Waals surface area contributed by atoms with Crippen molar-refractivity contribution in [3.63, 3.8) is 0 Å². The van der Waals surface area contributed by atoms with Crippen LogP contribution in [0.3, 0.4) is 0 Å². The molecule has 0 bridgehead atoms. The quantitative estimate of drug-likeness (QED) is 0.293. The zero-order valence-corrected chi connectivity index (χ0v) is 19.7. The van der Waals surface area contributed by atoms with Crippen molar-refractivity contribution in [3.8, 4) is 22.5 Å². The summed E-state index contributed by atoms with van der Waals surface area (Å²) in [5, 5.41) is 6.04. The van der Waals surface area contributed by atoms with E-state index in [4.69, 9.17) is 16.3 Å². The van der Waals surface area contributed by atoms with Gasteiger partial charge < -0.3 is 4.74 Å². The molecular weight excluding hydrogens is 484 g/mol. The number of carbonyl (C=O) groups is 2. The molecule has 0 aliphatic heterocycles. The molecule has 1 amide bonds. The summed E-state index contributed by atoms with van der Waals surface area (Å²) >= 11 is 7.48. The number of hydrogen-bond acceptors (Lipinski definition) is 7. The Morgan fingerprint density at radius 3 is 2.63 bits per heavy atom. The number of ether oxygens (including phenoxy) is 1. The zero-order chi connectivity index (χ0) is 24.2. The smallest absolute Gasteiger partial charge is 0.339 e. The molecule has 0 aliphatic rings. The summed E-state index contributed by atoms with van der Waals surface area (Å²) in [5.74, 6) is -1.12. The summed E-state index contributed by atoms with van der Waals surface area (Å²) < 4.78 is 5.33. The second-order valence-corrected chi connectivity index (χ2v) is 8.72. The molecule has 7 nitrogen and oxygen atoms in total. The molecule has 35 heavy (non-hydrogen) atoms. The van der Waals surface area contributed by atoms with Crippen LogP contribution in [0.2, 0.25) is 5.02 Å². The number of thiazole rings is 1. The Morgan fingerprint density at radius 1 is 0.971 bits per heavy atom. The second kappa shape index (κ2) is 10.0. The summed E-state index contributed by atoms with van der Waals surface area (Å²) in [6, 6.07) is 19.9. The SMILES string of the molecule is O=C(COC(=O)c1cc(-c2cccnc2)nc2ccccc12)Nc1nc(-c2ccccc2Cl)cs1. The van der Waals surface area contributed by atoms with Crippen molar-refractivity contribution in [1.82, 2.24) is 15.0 Å². The van der Waals surface area contributed by atoms with Crippen LogP contribution in [0.25, 0.3) is 33.4 Å². The van der Waals surface area contributed by atoms with Crippen LogP contribution in [-0.2, 0) is 9.53 Å². The molecule has 0 unspecified atom stereocenters. The number of amides is 1. The van der Waals surface area contributed by atoms with E-state index < -0.39 is 18.5 Å². The van der Waals surface area contributed by atoms with Crippen LogP contribution in [0, 0.1) is 0 Å². The van der Waals surface area contributed by atoms with Gasteiger partial charge in [0, 0.05) is 39.3 Å². The fraction of sp³-hybridized carbons (Fsp3) is 0.0385. The van der Waals surface area contributed by atoms with Gasteiger partial charge in [-0.2, -0.15) is 0 Å². The maximum absolute atomic E-state index is 13.0. The van der Waals surface area contributed by atoms with Crippen LogP contribution in [0.5, 0.6) is 0 Å². The maximum atomic E-state index is 13.0. The summed E-state index contributed by atoms with van der Waals surface area (Å²) in [4.78, 5) is 38.5. The lowest BCUT2D eigenvalue weighted by atomic mass is 10.1. The lowest BCUT2D eigenvalue weighted by Gasteiger charge is -2.10. The molecule has 2 aromatic carbocycles. The third-order valence-electron chi connectivity index (χ3n) is 5.13. The highest BCUT2D eigenvalue weighted by atomic mass is 35.5. The first-order chi connectivity index (χ1) is 17.1. The molecule has 0 fully saturated rings. The molecule has 3 aromatic heterocycles. The molecule has 0 atom stereocenters. The number of para-hydroxylation sites is 1. The number of esters is 1. The van der Waals surface area contributed by atoms with Crippen LogP contribution in [0.4, 0.5) is 5.13 Å². The highest BCUT2D eigenvalue weighted by molar-refractivity contribution is 7.14. The third-order valence-corrected chi connectivity index (χ3v) is 6.22. The molecule has 0 aliphatic carbocycles. The molecule has 0 saturated heterocycles. The van der Waals surface area contributed by atoms with E-state index in [0.717, 1.165) is 11.1 Å². The predicted molar refractivity (Wildman–Crippen MR) is 136 cm³/mol. The number of carbonyl (C=O) groups excluding carboxylic acids is 2. The van der Waals surface area contributed by atoms with E-state index in [1.54, 1.807) is 42.0 Å². The Balaban J connectivity index is 1.30. The van der Waals surface area contributed by atoms with Gasteiger partial charge in [0.1, 0.15) is 0 Å². The van der Waals surface area contributed by atoms with Gasteiger partial charge in [-0.3, -0.25) is 15.1 Å². The Labute approximate surface area is 209 Å². The number of hydrogen-bond donors (Lipinski definition) is 1. The normalized spacial score (nSPS) is 10.8. The number of fused-ring (bicyclic) bond motifs is 1. The summed E-state index contributed by atoms with van der Waals surface area (Å²) in [7, 11) is 0. The van der Waals surface area contributed by atoms with Crippen LogP contribution in [0.1, 0.15) is 10.4 Å². The minimum absolute atomic E-state index is 0.317. The monoisotopic (exact) mass is 500 g/mol. The molecule has 0 saturated carbocycles. The minimum atomic E-state index is -0.625. The number of nitrogens with zero attached hydrogens (tertiary/aromatic N) is 3. The van der Waals surface area contributed by atoms with E-state index in [1.807, 2.05) is 42.5 Å². The summed E-state index contributed by atoms with van der Waals surface area (Å²) in [5.41, 5.74) is 3.73. The number of halogens is 1. The van der Waals surface area contributed by atoms with Gasteiger partial charge in [-0.05, 0) is 30.3 Å². The van der Waals surface area contributed by atoms with Crippen molar-refractivity contribution in [3.05, 3.63) is 95.1 Å². The topological polar surface area (TPSA) is 94.1 Å². The first-order valence-electron chi connectivity index (χ1n) is 10.6. The van der Waals surface area contributed by atoms with Gasteiger partial charge in [0.25, 0.3) is 5.91 Å². The number of anilines is 1. The molecule has 5 aromatic rings. The molecule has 172 valence electrons. The molecule has 0 spiro atoms. The molecule has 3 heterocycles. The lowest BCUT2D eigenvalue weighted by molar-refractivity contribution is -0.119. The first-order valence-corrected chi connectivity index (χ1v) is 11.8. The van der Waals surface area contributed by atoms with Crippen molar-refractivity contribution in [2.45, 2.75) is 0 Å². The van der Waals surface area contributed by atoms with Gasteiger partial charge in [-0.25, -0.2) is 14.8 Å². The standard InChI is InChI=1S/C26H17ClN4O3S/c27-20-9-3-1-8-18(20)23-15-35-26(30-23)31-24(32)14-34-25(33)19-12-22(16-6-5-11-28-13-16)29-21-10-4-2-7-17(19)21/h1-13,15H,14H2,(H,30,31,32). The van der Waals surface area contributed by atoms with Crippen molar-refractivity contribution in [2.24, 2.45) is 0 Å². The Hall–Kier alpha value is -4.14. The lowest BCUT2D eigenvalue weighted by Crippen LogP contribution is -2.21. The minimum Gasteiger partial charge on any atom is -0.452 e. The maximum Gasteiger partial charge on any atom is 0.339 e. The fourth-order valence-corrected chi connectivity index (χ4v) is 4.45. The van der Waals surface area contributed by atoms with Gasteiger partial charge in [0.05, 0.1) is 22.5 Å². The van der Waals surface area contributed by atoms with E-state index in [9.17, 15) is 9.59 Å². The zero-order valence-electron chi connectivity index (χ0n) is 18.1. The first kappa shape index (κ1) is 22.6. The number of rotatable bonds is 6. The van der Waals surface area contributed by atoms with Gasteiger partial charge in [0.15, 0.2) is 11.7 Å². The van der Waals surface area contributed by atoms with Crippen LogP contribution in [0.15, 0.2) is 84.5 Å². The van der Waals surface area contributed by atoms with Crippen molar-refractivity contribution < 1.29 is 14.3 Å². The van der Waals surface area contributed by atoms with Gasteiger partial charge in [-0.15, -0.1) is 11.3 Å². The largest absolute Gasteiger partial charge is 0.452 e. The molecule has 9 heteroatoms. The van der Waals surface area contributed by atoms with Crippen molar-refractivity contribution in [1.29, 1.82) is 0 Å². The average Bonchev–Trinajstić information content (AvgIpc) is 3.35. The molecule has 0 radical (unpaired) electrons. The van der Waals surface area contributed by atoms with Crippen molar-refractivity contribution in [2.75, 3.05) is 11.9 Å². The van der Waals surface area contributed by atoms with E-state index in [1.165, 1.54) is 11.3 Å². The predicted octanol–water partition coefficient (Wildman–Crippen LogP) is 5.87. The molecule has 5 rings (SSSR count). The van der Waals surface area contributed by atoms with Gasteiger partial charge >= 0.3 is 5.97 Å². The van der Waals surface area contributed by atoms with Gasteiger partial charge in [0.2, 0.25) is 0 Å². The van der Waals surface area contributed by atoms with E-state index in [-0.39, 0.29) is 0 Å². The number of nitrogens with one attached hydrogen (secondary N) is 1. The molecular formula is C26H17ClN4O3S. The second-order valence-electron chi connectivity index (χ2n) is 7.46. The molecule has 1 N–H and O–H groups in total. The third kappa shape index (κ3) is 5.03. The fourth-order valence-electron chi connectivity index (χ4n) is 3.49. The van der Waals surface area contributed by atoms with Crippen molar-refractivity contribution >= 4 is 50.8 Å². The summed E-state index contributed by atoms with van der Waals surface area (Å²) in [6.07, 6.45) is 3.34. The van der Waals surface area contributed by atoms with E-state index in [0.29, 0.717) is 38.0 Å².